The van der Waals surface area contributed by atoms with E-state index in [0.717, 1.165) is 43.7 Å². The Morgan fingerprint density at radius 1 is 0.651 bits per heavy atom. The summed E-state index contributed by atoms with van der Waals surface area (Å²) in [5, 5.41) is 35.0. The molecule has 0 radical (unpaired) electrons. The molecular formula is C47H41BrN6O6S3. The van der Waals surface area contributed by atoms with Gasteiger partial charge in [0.2, 0.25) is 0 Å². The van der Waals surface area contributed by atoms with Gasteiger partial charge < -0.3 is 16.6 Å². The Kier molecular flexibility index (Phi) is 20.0. The Morgan fingerprint density at radius 2 is 1.05 bits per heavy atom. The van der Waals surface area contributed by atoms with Gasteiger partial charge in [-0.1, -0.05) is 162 Å². The first-order valence-corrected chi connectivity index (χ1v) is 22.2. The number of rotatable bonds is 9. The number of alkyl halides is 1. The molecule has 0 aliphatic carbocycles. The zero-order chi connectivity index (χ0) is 45.6. The van der Waals surface area contributed by atoms with Crippen LogP contribution in [0.15, 0.2) is 175 Å². The molecular weight excluding hydrogens is 921 g/mol. The predicted octanol–water partition coefficient (Wildman–Crippen LogP) is 11.9. The van der Waals surface area contributed by atoms with Crippen LogP contribution in [-0.2, 0) is 0 Å². The molecule has 8 rings (SSSR count). The smallest absolute Gasteiger partial charge is 0.280 e. The molecule has 0 bridgehead atoms. The zero-order valence-electron chi connectivity index (χ0n) is 33.7. The first-order chi connectivity index (χ1) is 30.5. The number of thiazole rings is 2. The number of nitro benzene ring substituents is 2. The van der Waals surface area contributed by atoms with E-state index in [1.165, 1.54) is 35.6 Å². The van der Waals surface area contributed by atoms with Gasteiger partial charge in [0.15, 0.2) is 5.78 Å². The van der Waals surface area contributed by atoms with Gasteiger partial charge in [0, 0.05) is 57.4 Å². The average molecular weight is 962 g/mol. The van der Waals surface area contributed by atoms with Crippen LogP contribution in [0.4, 0.5) is 17.1 Å². The summed E-state index contributed by atoms with van der Waals surface area (Å²) in [6, 6.07) is 49.9. The molecule has 320 valence electrons. The standard InChI is InChI=1S/C15H10N2O2S.C15H12N2S.C8H6BrNO3.C7H7NS.C2H6O/c18-17(19)14-9-5-4-8-12(14)13-10-20-15(16-13)11-6-2-1-3-7-11;16-13-9-5-4-8-12(13)14-10-18-15(17-14)11-6-2-1-3-7-11;9-5-8(11)6-3-1-2-4-7(6)10(12)13;8-7(9)6-4-2-1-3-5-6;1-2-3/h1-10H;1-10H,16H2;1-4H,5H2;1-5H,(H2,8,9);3H,2H2,1H3. The van der Waals surface area contributed by atoms with Crippen molar-refractivity contribution in [3.63, 3.8) is 0 Å². The summed E-state index contributed by atoms with van der Waals surface area (Å²) in [7, 11) is 0. The van der Waals surface area contributed by atoms with Gasteiger partial charge in [-0.2, -0.15) is 0 Å². The van der Waals surface area contributed by atoms with Gasteiger partial charge in [-0.05, 0) is 25.1 Å². The van der Waals surface area contributed by atoms with Crippen molar-refractivity contribution in [3.05, 3.63) is 206 Å². The van der Waals surface area contributed by atoms with Crippen LogP contribution in [0.1, 0.15) is 22.8 Å². The van der Waals surface area contributed by atoms with Crippen LogP contribution < -0.4 is 11.5 Å². The van der Waals surface area contributed by atoms with Gasteiger partial charge in [0.1, 0.15) is 15.0 Å². The lowest BCUT2D eigenvalue weighted by Crippen LogP contribution is -2.08. The lowest BCUT2D eigenvalue weighted by Gasteiger charge is -2.00. The number of aliphatic hydroxyl groups excluding tert-OH is 1. The lowest BCUT2D eigenvalue weighted by molar-refractivity contribution is -0.385. The number of aromatic nitrogens is 2. The maximum absolute atomic E-state index is 11.2. The number of para-hydroxylation sites is 3. The number of benzene rings is 6. The average Bonchev–Trinajstić information content (AvgIpc) is 4.03. The summed E-state index contributed by atoms with van der Waals surface area (Å²) >= 11 is 10.8. The minimum absolute atomic E-state index is 0.0809. The van der Waals surface area contributed by atoms with E-state index in [9.17, 15) is 25.0 Å². The normalized spacial score (nSPS) is 9.83. The van der Waals surface area contributed by atoms with Crippen molar-refractivity contribution < 1.29 is 19.7 Å². The quantitative estimate of drug-likeness (QED) is 0.0310. The number of hydrogen-bond acceptors (Lipinski definition) is 12. The largest absolute Gasteiger partial charge is 0.398 e. The van der Waals surface area contributed by atoms with Crippen molar-refractivity contribution in [2.45, 2.75) is 6.92 Å². The van der Waals surface area contributed by atoms with Crippen molar-refractivity contribution in [2.75, 3.05) is 17.7 Å². The summed E-state index contributed by atoms with van der Waals surface area (Å²) in [4.78, 5) is 41.4. The predicted molar refractivity (Wildman–Crippen MR) is 263 cm³/mol. The van der Waals surface area contributed by atoms with Crippen LogP contribution in [0.2, 0.25) is 0 Å². The van der Waals surface area contributed by atoms with Crippen LogP contribution in [0.5, 0.6) is 0 Å². The fraction of sp³-hybridized carbons (Fsp3) is 0.0638. The number of thiocarbonyl (C=S) groups is 1. The second-order valence-electron chi connectivity index (χ2n) is 12.5. The SMILES string of the molecule is CCO.NC(=S)c1ccccc1.Nc1ccccc1-c1csc(-c2ccccc2)n1.O=C(CBr)c1ccccc1[N+](=O)[O-].O=[N+]([O-])c1ccccc1-c1csc(-c2ccccc2)n1. The number of nitro groups is 2. The highest BCUT2D eigenvalue weighted by Gasteiger charge is 2.18. The molecule has 16 heteroatoms. The van der Waals surface area contributed by atoms with E-state index in [2.05, 4.69) is 38.0 Å². The molecule has 12 nitrogen and oxygen atoms in total. The van der Waals surface area contributed by atoms with Crippen molar-refractivity contribution in [1.29, 1.82) is 0 Å². The summed E-state index contributed by atoms with van der Waals surface area (Å²) < 4.78 is 0. The van der Waals surface area contributed by atoms with E-state index in [4.69, 9.17) is 28.8 Å². The number of anilines is 1. The third kappa shape index (κ3) is 14.9. The topological polar surface area (TPSA) is 201 Å². The third-order valence-electron chi connectivity index (χ3n) is 8.24. The second-order valence-corrected chi connectivity index (χ2v) is 15.3. The molecule has 0 atom stereocenters. The van der Waals surface area contributed by atoms with Gasteiger partial charge in [-0.15, -0.1) is 22.7 Å². The number of Topliss-reactive ketones (excluding diaryl/α,β-unsaturated/α-hetero) is 1. The number of nitrogens with zero attached hydrogens (tertiary/aromatic N) is 4. The molecule has 0 fully saturated rings. The number of aliphatic hydroxyl groups is 1. The molecule has 6 aromatic carbocycles. The molecule has 0 unspecified atom stereocenters. The fourth-order valence-corrected chi connectivity index (χ4v) is 7.43. The van der Waals surface area contributed by atoms with Gasteiger partial charge in [-0.25, -0.2) is 9.97 Å². The molecule has 0 saturated heterocycles. The number of nitrogen functional groups attached to an aromatic ring is 1. The summed E-state index contributed by atoms with van der Waals surface area (Å²) in [5.41, 5.74) is 18.4. The van der Waals surface area contributed by atoms with E-state index in [-0.39, 0.29) is 39.6 Å². The van der Waals surface area contributed by atoms with E-state index in [0.29, 0.717) is 16.2 Å². The van der Waals surface area contributed by atoms with Crippen molar-refractivity contribution >= 4 is 78.7 Å². The molecule has 8 aromatic rings. The highest BCUT2D eigenvalue weighted by atomic mass is 79.9. The minimum atomic E-state index is -0.560. The number of carbonyl (C=O) groups excluding carboxylic acids is 1. The van der Waals surface area contributed by atoms with Crippen LogP contribution in [0, 0.1) is 20.2 Å². The fourth-order valence-electron chi connectivity index (χ4n) is 5.34. The summed E-state index contributed by atoms with van der Waals surface area (Å²) in [6.07, 6.45) is 0. The van der Waals surface area contributed by atoms with Gasteiger partial charge in [-0.3, -0.25) is 25.0 Å². The maximum Gasteiger partial charge on any atom is 0.280 e. The first kappa shape index (κ1) is 48.8. The van der Waals surface area contributed by atoms with E-state index in [1.54, 1.807) is 42.5 Å². The van der Waals surface area contributed by atoms with Crippen LogP contribution in [0.3, 0.4) is 0 Å². The number of halogens is 1. The Hall–Kier alpha value is -6.82. The lowest BCUT2D eigenvalue weighted by atomic mass is 10.1. The maximum atomic E-state index is 11.2. The molecule has 0 saturated carbocycles. The first-order valence-electron chi connectivity index (χ1n) is 18.9. The van der Waals surface area contributed by atoms with Gasteiger partial charge >= 0.3 is 0 Å². The monoisotopic (exact) mass is 960 g/mol. The zero-order valence-corrected chi connectivity index (χ0v) is 37.7. The van der Waals surface area contributed by atoms with E-state index in [1.807, 2.05) is 114 Å². The Bertz CT molecular complexity index is 2700. The van der Waals surface area contributed by atoms with Gasteiger partial charge in [0.05, 0.1) is 37.7 Å². The molecule has 0 spiro atoms. The van der Waals surface area contributed by atoms with Crippen LogP contribution in [-0.4, -0.2) is 47.6 Å². The molecule has 0 aliphatic rings. The van der Waals surface area contributed by atoms with Gasteiger partial charge in [0.25, 0.3) is 11.4 Å². The molecule has 0 aliphatic heterocycles. The van der Waals surface area contributed by atoms with Crippen molar-refractivity contribution in [3.8, 4) is 43.7 Å². The number of nitrogens with two attached hydrogens (primary N) is 2. The molecule has 2 aromatic heterocycles. The summed E-state index contributed by atoms with van der Waals surface area (Å²) in [6.45, 7) is 1.93. The number of hydrogen-bond donors (Lipinski definition) is 3. The Labute approximate surface area is 386 Å². The van der Waals surface area contributed by atoms with Crippen LogP contribution >= 0.6 is 50.8 Å². The molecule has 2 heterocycles. The minimum Gasteiger partial charge on any atom is -0.398 e. The Balaban J connectivity index is 0.000000187. The third-order valence-corrected chi connectivity index (χ3v) is 10.8. The van der Waals surface area contributed by atoms with Crippen LogP contribution in [0.25, 0.3) is 43.7 Å². The molecule has 0 amide bonds. The summed E-state index contributed by atoms with van der Waals surface area (Å²) in [5.74, 6) is -0.285. The number of carbonyl (C=O) groups is 1. The van der Waals surface area contributed by atoms with Crippen molar-refractivity contribution in [1.82, 2.24) is 9.97 Å². The van der Waals surface area contributed by atoms with E-state index >= 15 is 0 Å². The molecule has 63 heavy (non-hydrogen) atoms. The second kappa shape index (κ2) is 25.8. The van der Waals surface area contributed by atoms with E-state index < -0.39 is 4.92 Å². The van der Waals surface area contributed by atoms with Crippen molar-refractivity contribution in [2.24, 2.45) is 5.73 Å². The molecule has 5 N–H and O–H groups in total. The highest BCUT2D eigenvalue weighted by Crippen LogP contribution is 2.34. The Morgan fingerprint density at radius 3 is 1.49 bits per heavy atom. The highest BCUT2D eigenvalue weighted by molar-refractivity contribution is 9.09. The number of ketones is 1.